The fourth-order valence-electron chi connectivity index (χ4n) is 2.90. The summed E-state index contributed by atoms with van der Waals surface area (Å²) in [5.74, 6) is 0. The molecular weight excluding hydrogens is 279 g/mol. The molecule has 1 fully saturated rings. The lowest BCUT2D eigenvalue weighted by Crippen LogP contribution is -2.31. The molecule has 0 aromatic heterocycles. The van der Waals surface area contributed by atoms with E-state index in [2.05, 4.69) is 19.2 Å². The van der Waals surface area contributed by atoms with E-state index in [-0.39, 0.29) is 0 Å². The van der Waals surface area contributed by atoms with Crippen molar-refractivity contribution in [1.29, 1.82) is 0 Å². The zero-order chi connectivity index (χ0) is 15.7. The Balaban J connectivity index is 1.87. The fourth-order valence-corrected chi connectivity index (χ4v) is 2.90. The lowest BCUT2D eigenvalue weighted by molar-refractivity contribution is -0.137. The van der Waals surface area contributed by atoms with Crippen LogP contribution in [0, 0.1) is 5.41 Å². The summed E-state index contributed by atoms with van der Waals surface area (Å²) in [6, 6.07) is 5.08. The van der Waals surface area contributed by atoms with Gasteiger partial charge in [0.05, 0.1) is 11.7 Å². The van der Waals surface area contributed by atoms with E-state index < -0.39 is 17.8 Å². The Morgan fingerprint density at radius 2 is 1.90 bits per heavy atom. The van der Waals surface area contributed by atoms with Crippen LogP contribution in [0.2, 0.25) is 0 Å². The molecule has 0 aliphatic heterocycles. The first-order valence-corrected chi connectivity index (χ1v) is 7.26. The molecule has 0 bridgehead atoms. The highest BCUT2D eigenvalue weighted by Gasteiger charge is 2.31. The van der Waals surface area contributed by atoms with Gasteiger partial charge < -0.3 is 10.4 Å². The minimum Gasteiger partial charge on any atom is -0.387 e. The molecule has 1 saturated carbocycles. The molecule has 118 valence electrons. The van der Waals surface area contributed by atoms with Crippen molar-refractivity contribution in [2.75, 3.05) is 6.54 Å². The summed E-state index contributed by atoms with van der Waals surface area (Å²) in [5.41, 5.74) is 0.147. The average Bonchev–Trinajstić information content (AvgIpc) is 2.75. The second-order valence-electron chi connectivity index (χ2n) is 6.65. The minimum absolute atomic E-state index is 0.330. The molecule has 2 nitrogen and oxygen atoms in total. The maximum atomic E-state index is 12.5. The van der Waals surface area contributed by atoms with E-state index in [0.29, 0.717) is 23.6 Å². The summed E-state index contributed by atoms with van der Waals surface area (Å²) >= 11 is 0. The van der Waals surface area contributed by atoms with Crippen LogP contribution in [0.15, 0.2) is 24.3 Å². The molecule has 1 aromatic carbocycles. The molecule has 0 spiro atoms. The van der Waals surface area contributed by atoms with Gasteiger partial charge in [0.25, 0.3) is 0 Å². The summed E-state index contributed by atoms with van der Waals surface area (Å²) in [6.07, 6.45) is -1.83. The lowest BCUT2D eigenvalue weighted by atomic mass is 9.92. The minimum atomic E-state index is -4.34. The van der Waals surface area contributed by atoms with Crippen molar-refractivity contribution in [2.24, 2.45) is 5.41 Å². The van der Waals surface area contributed by atoms with Crippen LogP contribution in [0.3, 0.4) is 0 Å². The largest absolute Gasteiger partial charge is 0.416 e. The van der Waals surface area contributed by atoms with Crippen LogP contribution >= 0.6 is 0 Å². The van der Waals surface area contributed by atoms with Crippen LogP contribution in [0.4, 0.5) is 13.2 Å². The molecule has 1 aliphatic rings. The third-order valence-corrected chi connectivity index (χ3v) is 4.19. The van der Waals surface area contributed by atoms with E-state index >= 15 is 0 Å². The van der Waals surface area contributed by atoms with Crippen LogP contribution in [0.5, 0.6) is 0 Å². The Morgan fingerprint density at radius 1 is 1.29 bits per heavy atom. The maximum Gasteiger partial charge on any atom is 0.416 e. The van der Waals surface area contributed by atoms with Crippen molar-refractivity contribution in [3.8, 4) is 0 Å². The van der Waals surface area contributed by atoms with Gasteiger partial charge in [-0.3, -0.25) is 0 Å². The standard InChI is InChI=1S/C16H22F3NO/c1-15(2)8-7-13(9-15)20-10-14(21)11-3-5-12(6-4-11)16(17,18)19/h3-6,13-14,20-21H,7-10H2,1-2H3. The van der Waals surface area contributed by atoms with Gasteiger partial charge in [-0.1, -0.05) is 26.0 Å². The highest BCUT2D eigenvalue weighted by molar-refractivity contribution is 5.26. The summed E-state index contributed by atoms with van der Waals surface area (Å²) in [5, 5.41) is 13.4. The molecule has 0 saturated heterocycles. The number of hydrogen-bond donors (Lipinski definition) is 2. The molecule has 21 heavy (non-hydrogen) atoms. The highest BCUT2D eigenvalue weighted by atomic mass is 19.4. The average molecular weight is 301 g/mol. The van der Waals surface area contributed by atoms with E-state index in [1.807, 2.05) is 0 Å². The van der Waals surface area contributed by atoms with E-state index in [1.165, 1.54) is 12.1 Å². The molecule has 0 heterocycles. The molecular formula is C16H22F3NO. The van der Waals surface area contributed by atoms with E-state index in [0.717, 1.165) is 31.4 Å². The quantitative estimate of drug-likeness (QED) is 0.884. The number of aliphatic hydroxyl groups excluding tert-OH is 1. The number of halogens is 3. The molecule has 1 aromatic rings. The van der Waals surface area contributed by atoms with Gasteiger partial charge in [-0.25, -0.2) is 0 Å². The number of hydrogen-bond acceptors (Lipinski definition) is 2. The van der Waals surface area contributed by atoms with Crippen LogP contribution in [0.1, 0.15) is 50.3 Å². The fraction of sp³-hybridized carbons (Fsp3) is 0.625. The van der Waals surface area contributed by atoms with Crippen molar-refractivity contribution in [3.05, 3.63) is 35.4 Å². The molecule has 5 heteroatoms. The molecule has 0 radical (unpaired) electrons. The van der Waals surface area contributed by atoms with E-state index in [4.69, 9.17) is 0 Å². The topological polar surface area (TPSA) is 32.3 Å². The van der Waals surface area contributed by atoms with Gasteiger partial charge in [-0.15, -0.1) is 0 Å². The highest BCUT2D eigenvalue weighted by Crippen LogP contribution is 2.37. The van der Waals surface area contributed by atoms with Gasteiger partial charge in [-0.05, 0) is 42.4 Å². The zero-order valence-corrected chi connectivity index (χ0v) is 12.4. The van der Waals surface area contributed by atoms with Crippen molar-refractivity contribution >= 4 is 0 Å². The van der Waals surface area contributed by atoms with Crippen LogP contribution in [-0.2, 0) is 6.18 Å². The first kappa shape index (κ1) is 16.3. The monoisotopic (exact) mass is 301 g/mol. The van der Waals surface area contributed by atoms with Gasteiger partial charge in [0.15, 0.2) is 0 Å². The second-order valence-corrected chi connectivity index (χ2v) is 6.65. The smallest absolute Gasteiger partial charge is 0.387 e. The molecule has 2 rings (SSSR count). The second kappa shape index (κ2) is 5.97. The number of nitrogens with one attached hydrogen (secondary N) is 1. The Labute approximate surface area is 123 Å². The number of benzene rings is 1. The lowest BCUT2D eigenvalue weighted by Gasteiger charge is -2.20. The molecule has 1 aliphatic carbocycles. The zero-order valence-electron chi connectivity index (χ0n) is 12.4. The SMILES string of the molecule is CC1(C)CCC(NCC(O)c2ccc(C(F)(F)F)cc2)C1. The third-order valence-electron chi connectivity index (χ3n) is 4.19. The van der Waals surface area contributed by atoms with Crippen LogP contribution in [-0.4, -0.2) is 17.7 Å². The van der Waals surface area contributed by atoms with Crippen LogP contribution in [0.25, 0.3) is 0 Å². The molecule has 2 atom stereocenters. The first-order chi connectivity index (χ1) is 9.67. The Hall–Kier alpha value is -1.07. The van der Waals surface area contributed by atoms with Gasteiger partial charge in [0, 0.05) is 12.6 Å². The molecule has 0 amide bonds. The third kappa shape index (κ3) is 4.45. The van der Waals surface area contributed by atoms with Gasteiger partial charge in [0.2, 0.25) is 0 Å². The maximum absolute atomic E-state index is 12.5. The Kier molecular flexibility index (Phi) is 4.63. The Morgan fingerprint density at radius 3 is 2.38 bits per heavy atom. The first-order valence-electron chi connectivity index (χ1n) is 7.26. The van der Waals surface area contributed by atoms with E-state index in [1.54, 1.807) is 0 Å². The van der Waals surface area contributed by atoms with Crippen molar-refractivity contribution in [1.82, 2.24) is 5.32 Å². The van der Waals surface area contributed by atoms with Crippen molar-refractivity contribution in [3.63, 3.8) is 0 Å². The van der Waals surface area contributed by atoms with Crippen molar-refractivity contribution < 1.29 is 18.3 Å². The van der Waals surface area contributed by atoms with Crippen LogP contribution < -0.4 is 5.32 Å². The van der Waals surface area contributed by atoms with Gasteiger partial charge in [0.1, 0.15) is 0 Å². The summed E-state index contributed by atoms with van der Waals surface area (Å²) < 4.78 is 37.4. The van der Waals surface area contributed by atoms with Crippen molar-refractivity contribution in [2.45, 2.75) is 51.4 Å². The molecule has 2 N–H and O–H groups in total. The Bertz CT molecular complexity index is 467. The normalized spacial score (nSPS) is 23.2. The number of alkyl halides is 3. The summed E-state index contributed by atoms with van der Waals surface area (Å²) in [4.78, 5) is 0. The predicted octanol–water partition coefficient (Wildman–Crippen LogP) is 3.91. The summed E-state index contributed by atoms with van der Waals surface area (Å²) in [7, 11) is 0. The molecule has 2 unspecified atom stereocenters. The number of aliphatic hydroxyl groups is 1. The predicted molar refractivity (Wildman–Crippen MR) is 75.8 cm³/mol. The van der Waals surface area contributed by atoms with E-state index in [9.17, 15) is 18.3 Å². The summed E-state index contributed by atoms with van der Waals surface area (Å²) in [6.45, 7) is 4.81. The number of rotatable bonds is 4. The van der Waals surface area contributed by atoms with Gasteiger partial charge in [-0.2, -0.15) is 13.2 Å². The van der Waals surface area contributed by atoms with Gasteiger partial charge >= 0.3 is 6.18 Å².